The van der Waals surface area contributed by atoms with Crippen LogP contribution in [0, 0.1) is 15.9 Å². The summed E-state index contributed by atoms with van der Waals surface area (Å²) < 4.78 is 13.4. The Balaban J connectivity index is 1.84. The molecule has 0 aromatic heterocycles. The topological polar surface area (TPSA) is 67.2 Å². The average Bonchev–Trinajstić information content (AvgIpc) is 3.09. The molecule has 0 amide bonds. The van der Waals surface area contributed by atoms with Gasteiger partial charge in [-0.2, -0.15) is 0 Å². The van der Waals surface area contributed by atoms with E-state index in [4.69, 9.17) is 0 Å². The van der Waals surface area contributed by atoms with Crippen molar-refractivity contribution in [3.8, 4) is 0 Å². The van der Waals surface area contributed by atoms with Gasteiger partial charge in [0.1, 0.15) is 0 Å². The summed E-state index contributed by atoms with van der Waals surface area (Å²) in [7, 11) is 0. The second-order valence-electron chi connectivity index (χ2n) is 4.08. The molecule has 1 fully saturated rings. The predicted molar refractivity (Wildman–Crippen MR) is 62.6 cm³/mol. The number of non-ortho nitro benzene ring substituents is 1. The molecule has 1 aliphatic carbocycles. The van der Waals surface area contributed by atoms with Crippen LogP contribution in [-0.2, 0) is 0 Å². The van der Waals surface area contributed by atoms with Gasteiger partial charge in [-0.25, -0.2) is 4.39 Å². The molecule has 0 saturated heterocycles. The molecular weight excluding hydrogens is 225 g/mol. The number of hydrogen-bond donors (Lipinski definition) is 2. The van der Waals surface area contributed by atoms with Crippen molar-refractivity contribution >= 4 is 11.4 Å². The van der Waals surface area contributed by atoms with Crippen LogP contribution in [0.5, 0.6) is 0 Å². The fourth-order valence-corrected chi connectivity index (χ4v) is 1.52. The summed E-state index contributed by atoms with van der Waals surface area (Å²) in [6.07, 6.45) is 2.43. The molecule has 5 nitrogen and oxygen atoms in total. The molecule has 0 atom stereocenters. The standard InChI is InChI=1S/C11H14FN3O2/c12-10-7-9(15(16)17)3-4-11(10)14-6-5-13-8-1-2-8/h3-4,7-8,13-14H,1-2,5-6H2. The van der Waals surface area contributed by atoms with Gasteiger partial charge in [-0.3, -0.25) is 10.1 Å². The summed E-state index contributed by atoms with van der Waals surface area (Å²) in [5.74, 6) is -0.592. The van der Waals surface area contributed by atoms with Gasteiger partial charge in [0.15, 0.2) is 5.82 Å². The second-order valence-corrected chi connectivity index (χ2v) is 4.08. The quantitative estimate of drug-likeness (QED) is 0.452. The highest BCUT2D eigenvalue weighted by Gasteiger charge is 2.19. The zero-order chi connectivity index (χ0) is 12.3. The van der Waals surface area contributed by atoms with E-state index in [2.05, 4.69) is 10.6 Å². The van der Waals surface area contributed by atoms with E-state index in [1.54, 1.807) is 0 Å². The van der Waals surface area contributed by atoms with Gasteiger partial charge >= 0.3 is 0 Å². The number of nitrogens with zero attached hydrogens (tertiary/aromatic N) is 1. The van der Waals surface area contributed by atoms with Gasteiger partial charge in [-0.1, -0.05) is 0 Å². The van der Waals surface area contributed by atoms with Crippen LogP contribution < -0.4 is 10.6 Å². The molecule has 17 heavy (non-hydrogen) atoms. The van der Waals surface area contributed by atoms with Crippen LogP contribution in [0.4, 0.5) is 15.8 Å². The van der Waals surface area contributed by atoms with Gasteiger partial charge in [0.05, 0.1) is 16.7 Å². The van der Waals surface area contributed by atoms with Crippen LogP contribution in [0.2, 0.25) is 0 Å². The van der Waals surface area contributed by atoms with Crippen molar-refractivity contribution in [2.45, 2.75) is 18.9 Å². The molecule has 0 aliphatic heterocycles. The number of rotatable bonds is 6. The lowest BCUT2D eigenvalue weighted by Crippen LogP contribution is -2.24. The maximum absolute atomic E-state index is 13.4. The Hall–Kier alpha value is -1.69. The Labute approximate surface area is 98.2 Å². The summed E-state index contributed by atoms with van der Waals surface area (Å²) in [6.45, 7) is 1.37. The van der Waals surface area contributed by atoms with E-state index in [-0.39, 0.29) is 5.69 Å². The molecule has 1 saturated carbocycles. The van der Waals surface area contributed by atoms with Crippen molar-refractivity contribution in [1.29, 1.82) is 0 Å². The van der Waals surface area contributed by atoms with Crippen LogP contribution in [0.3, 0.4) is 0 Å². The fourth-order valence-electron chi connectivity index (χ4n) is 1.52. The molecule has 0 unspecified atom stereocenters. The molecule has 1 aliphatic rings. The Morgan fingerprint density at radius 1 is 1.41 bits per heavy atom. The normalized spacial score (nSPS) is 14.6. The third-order valence-corrected chi connectivity index (χ3v) is 2.61. The van der Waals surface area contributed by atoms with Crippen molar-refractivity contribution in [2.75, 3.05) is 18.4 Å². The van der Waals surface area contributed by atoms with E-state index < -0.39 is 10.7 Å². The number of nitro benzene ring substituents is 1. The smallest absolute Gasteiger partial charge is 0.272 e. The first-order chi connectivity index (χ1) is 8.16. The van der Waals surface area contributed by atoms with Crippen LogP contribution in [-0.4, -0.2) is 24.1 Å². The molecule has 0 heterocycles. The Bertz CT molecular complexity index is 421. The highest BCUT2D eigenvalue weighted by Crippen LogP contribution is 2.20. The van der Waals surface area contributed by atoms with Crippen molar-refractivity contribution in [1.82, 2.24) is 5.32 Å². The molecule has 0 radical (unpaired) electrons. The number of benzene rings is 1. The highest BCUT2D eigenvalue weighted by molar-refractivity contribution is 5.50. The predicted octanol–water partition coefficient (Wildman–Crippen LogP) is 1.90. The maximum atomic E-state index is 13.4. The molecule has 92 valence electrons. The number of nitrogens with one attached hydrogen (secondary N) is 2. The van der Waals surface area contributed by atoms with Gasteiger partial charge in [0.25, 0.3) is 5.69 Å². The van der Waals surface area contributed by atoms with E-state index in [1.165, 1.54) is 25.0 Å². The van der Waals surface area contributed by atoms with E-state index in [0.717, 1.165) is 12.6 Å². The SMILES string of the molecule is O=[N+]([O-])c1ccc(NCCNC2CC2)c(F)c1. The maximum Gasteiger partial charge on any atom is 0.272 e. The third-order valence-electron chi connectivity index (χ3n) is 2.61. The molecule has 2 N–H and O–H groups in total. The molecule has 1 aromatic carbocycles. The number of halogens is 1. The molecular formula is C11H14FN3O2. The van der Waals surface area contributed by atoms with Crippen LogP contribution in [0.25, 0.3) is 0 Å². The van der Waals surface area contributed by atoms with E-state index >= 15 is 0 Å². The van der Waals surface area contributed by atoms with Crippen molar-refractivity contribution < 1.29 is 9.31 Å². The lowest BCUT2D eigenvalue weighted by atomic mass is 10.2. The van der Waals surface area contributed by atoms with Gasteiger partial charge in [0.2, 0.25) is 0 Å². The van der Waals surface area contributed by atoms with E-state index in [9.17, 15) is 14.5 Å². The average molecular weight is 239 g/mol. The summed E-state index contributed by atoms with van der Waals surface area (Å²) >= 11 is 0. The minimum Gasteiger partial charge on any atom is -0.381 e. The van der Waals surface area contributed by atoms with Crippen molar-refractivity contribution in [3.63, 3.8) is 0 Å². The van der Waals surface area contributed by atoms with Gasteiger partial charge in [-0.15, -0.1) is 0 Å². The molecule has 1 aromatic rings. The zero-order valence-corrected chi connectivity index (χ0v) is 9.28. The summed E-state index contributed by atoms with van der Waals surface area (Å²) in [6, 6.07) is 4.24. The molecule has 0 spiro atoms. The zero-order valence-electron chi connectivity index (χ0n) is 9.28. The lowest BCUT2D eigenvalue weighted by Gasteiger charge is -2.07. The Morgan fingerprint density at radius 2 is 2.18 bits per heavy atom. The summed E-state index contributed by atoms with van der Waals surface area (Å²) in [4.78, 5) is 9.81. The fraction of sp³-hybridized carbons (Fsp3) is 0.455. The van der Waals surface area contributed by atoms with Crippen LogP contribution >= 0.6 is 0 Å². The number of anilines is 1. The largest absolute Gasteiger partial charge is 0.381 e. The second kappa shape index (κ2) is 5.09. The molecule has 2 rings (SSSR count). The molecule has 0 bridgehead atoms. The summed E-state index contributed by atoms with van der Waals surface area (Å²) in [5.41, 5.74) is 0.0670. The summed E-state index contributed by atoms with van der Waals surface area (Å²) in [5, 5.41) is 16.6. The van der Waals surface area contributed by atoms with Crippen molar-refractivity contribution in [2.24, 2.45) is 0 Å². The van der Waals surface area contributed by atoms with Crippen molar-refractivity contribution in [3.05, 3.63) is 34.1 Å². The minimum atomic E-state index is -0.610. The Kier molecular flexibility index (Phi) is 3.53. The van der Waals surface area contributed by atoms with E-state index in [1.807, 2.05) is 0 Å². The first-order valence-corrected chi connectivity index (χ1v) is 5.58. The monoisotopic (exact) mass is 239 g/mol. The Morgan fingerprint density at radius 3 is 2.76 bits per heavy atom. The van der Waals surface area contributed by atoms with Gasteiger partial charge in [0, 0.05) is 25.2 Å². The minimum absolute atomic E-state index is 0.232. The van der Waals surface area contributed by atoms with Crippen LogP contribution in [0.1, 0.15) is 12.8 Å². The first kappa shape index (κ1) is 11.8. The van der Waals surface area contributed by atoms with Crippen LogP contribution in [0.15, 0.2) is 18.2 Å². The van der Waals surface area contributed by atoms with Gasteiger partial charge < -0.3 is 10.6 Å². The highest BCUT2D eigenvalue weighted by atomic mass is 19.1. The third kappa shape index (κ3) is 3.39. The number of hydrogen-bond acceptors (Lipinski definition) is 4. The van der Waals surface area contributed by atoms with Gasteiger partial charge in [-0.05, 0) is 18.9 Å². The number of nitro groups is 1. The van der Waals surface area contributed by atoms with E-state index in [0.29, 0.717) is 18.3 Å². The lowest BCUT2D eigenvalue weighted by molar-refractivity contribution is -0.385. The molecule has 6 heteroatoms. The first-order valence-electron chi connectivity index (χ1n) is 5.58.